The van der Waals surface area contributed by atoms with Crippen molar-refractivity contribution >= 4 is 35.8 Å². The lowest BCUT2D eigenvalue weighted by Gasteiger charge is -2.28. The number of nitrogens with zero attached hydrogens (tertiary/aromatic N) is 2. The zero-order valence-corrected chi connectivity index (χ0v) is 21.8. The highest BCUT2D eigenvalue weighted by Gasteiger charge is 2.38. The van der Waals surface area contributed by atoms with Crippen molar-refractivity contribution in [3.8, 4) is 17.1 Å². The smallest absolute Gasteiger partial charge is 0.437 e. The summed E-state index contributed by atoms with van der Waals surface area (Å²) in [4.78, 5) is 29.2. The molecule has 1 unspecified atom stereocenters. The van der Waals surface area contributed by atoms with E-state index in [1.54, 1.807) is 11.9 Å². The van der Waals surface area contributed by atoms with Gasteiger partial charge >= 0.3 is 18.2 Å². The lowest BCUT2D eigenvalue weighted by Crippen LogP contribution is -2.35. The van der Waals surface area contributed by atoms with Crippen LogP contribution in [0.15, 0.2) is 12.1 Å². The van der Waals surface area contributed by atoms with Crippen LogP contribution >= 0.6 is 23.8 Å². The first-order valence-electron chi connectivity index (χ1n) is 12.1. The van der Waals surface area contributed by atoms with Gasteiger partial charge in [0.2, 0.25) is 0 Å². The van der Waals surface area contributed by atoms with Gasteiger partial charge in [-0.05, 0) is 62.2 Å². The van der Waals surface area contributed by atoms with E-state index >= 15 is 0 Å². The standard InChI is InChI=1S/C24H28F3N3O5S2/c1-30(14-6-2-3-7-14)23(33)34-12-16-19(29-37-22(16)36)17-9-10-18(20(28-17)24(25,26)27)35-15-8-4-5-13(11-15)21(31)32/h9-10,13-15,29H,2-8,11-12H2,1H3,(H,31,32)/t13-,15?/m0/s1. The molecule has 0 aliphatic heterocycles. The van der Waals surface area contributed by atoms with Crippen molar-refractivity contribution in [2.24, 2.45) is 5.92 Å². The number of carboxylic acid groups (broad SMARTS) is 1. The number of H-pyrrole nitrogens is 1. The molecule has 2 saturated carbocycles. The van der Waals surface area contributed by atoms with Crippen LogP contribution in [0.3, 0.4) is 0 Å². The Morgan fingerprint density at radius 1 is 1.22 bits per heavy atom. The van der Waals surface area contributed by atoms with Gasteiger partial charge in [0.15, 0.2) is 11.4 Å². The molecule has 37 heavy (non-hydrogen) atoms. The largest absolute Gasteiger partial charge is 0.488 e. The molecule has 0 spiro atoms. The van der Waals surface area contributed by atoms with Crippen molar-refractivity contribution in [2.75, 3.05) is 7.05 Å². The summed E-state index contributed by atoms with van der Waals surface area (Å²) in [6.07, 6.45) is -0.431. The molecule has 2 aliphatic rings. The summed E-state index contributed by atoms with van der Waals surface area (Å²) < 4.78 is 56.2. The van der Waals surface area contributed by atoms with Gasteiger partial charge in [-0.1, -0.05) is 25.1 Å². The fraction of sp³-hybridized carbons (Fsp3) is 0.583. The van der Waals surface area contributed by atoms with Gasteiger partial charge in [-0.3, -0.25) is 4.79 Å². The molecule has 2 aliphatic carbocycles. The van der Waals surface area contributed by atoms with E-state index in [0.717, 1.165) is 37.2 Å². The highest BCUT2D eigenvalue weighted by atomic mass is 32.2. The van der Waals surface area contributed by atoms with E-state index in [2.05, 4.69) is 9.36 Å². The first-order chi connectivity index (χ1) is 17.5. The van der Waals surface area contributed by atoms with Crippen LogP contribution in [0.5, 0.6) is 5.75 Å². The van der Waals surface area contributed by atoms with Crippen LogP contribution in [0.1, 0.15) is 62.6 Å². The molecule has 0 radical (unpaired) electrons. The van der Waals surface area contributed by atoms with E-state index in [1.165, 1.54) is 12.1 Å². The van der Waals surface area contributed by atoms with Gasteiger partial charge in [-0.25, -0.2) is 9.78 Å². The molecule has 4 rings (SSSR count). The minimum Gasteiger partial charge on any atom is -0.488 e. The highest BCUT2D eigenvalue weighted by molar-refractivity contribution is 7.73. The normalized spacial score (nSPS) is 20.5. The maximum atomic E-state index is 14.0. The van der Waals surface area contributed by atoms with Gasteiger partial charge in [-0.2, -0.15) is 13.2 Å². The molecule has 2 aromatic heterocycles. The summed E-state index contributed by atoms with van der Waals surface area (Å²) in [5.41, 5.74) is -0.614. The third kappa shape index (κ3) is 6.43. The van der Waals surface area contributed by atoms with E-state index in [9.17, 15) is 27.9 Å². The van der Waals surface area contributed by atoms with Gasteiger partial charge in [0.05, 0.1) is 23.4 Å². The van der Waals surface area contributed by atoms with E-state index in [4.69, 9.17) is 21.7 Å². The number of pyridine rings is 1. The van der Waals surface area contributed by atoms with Gasteiger partial charge in [-0.15, -0.1) is 0 Å². The van der Waals surface area contributed by atoms with Crippen molar-refractivity contribution < 1.29 is 37.3 Å². The minimum atomic E-state index is -4.81. The van der Waals surface area contributed by atoms with Gasteiger partial charge in [0.25, 0.3) is 0 Å². The Morgan fingerprint density at radius 3 is 2.62 bits per heavy atom. The average Bonchev–Trinajstić information content (AvgIpc) is 3.52. The Labute approximate surface area is 220 Å². The van der Waals surface area contributed by atoms with E-state index in [1.807, 2.05) is 0 Å². The monoisotopic (exact) mass is 559 g/mol. The molecule has 0 bridgehead atoms. The Kier molecular flexibility index (Phi) is 8.42. The van der Waals surface area contributed by atoms with Gasteiger partial charge in [0, 0.05) is 18.7 Å². The fourth-order valence-electron chi connectivity index (χ4n) is 4.88. The van der Waals surface area contributed by atoms with Crippen molar-refractivity contribution in [1.82, 2.24) is 14.3 Å². The number of aliphatic carboxylic acids is 1. The molecule has 2 aromatic rings. The molecule has 1 amide bonds. The second kappa shape index (κ2) is 11.4. The summed E-state index contributed by atoms with van der Waals surface area (Å²) >= 11 is 6.37. The summed E-state index contributed by atoms with van der Waals surface area (Å²) in [7, 11) is 1.68. The van der Waals surface area contributed by atoms with Gasteiger partial charge in [0.1, 0.15) is 10.4 Å². The molecule has 0 aromatic carbocycles. The van der Waals surface area contributed by atoms with Crippen molar-refractivity contribution in [1.29, 1.82) is 0 Å². The first kappa shape index (κ1) is 27.4. The predicted octanol–water partition coefficient (Wildman–Crippen LogP) is 6.42. The molecular formula is C24H28F3N3O5S2. The Morgan fingerprint density at radius 2 is 1.95 bits per heavy atom. The van der Waals surface area contributed by atoms with Crippen LogP contribution < -0.4 is 4.74 Å². The number of carbonyl (C=O) groups is 2. The number of hydrogen-bond donors (Lipinski definition) is 2. The molecule has 2 fully saturated rings. The first-order valence-corrected chi connectivity index (χ1v) is 13.3. The average molecular weight is 560 g/mol. The topological polar surface area (TPSA) is 105 Å². The predicted molar refractivity (Wildman–Crippen MR) is 132 cm³/mol. The quantitative estimate of drug-likeness (QED) is 0.377. The Balaban J connectivity index is 1.54. The van der Waals surface area contributed by atoms with Crippen LogP contribution in [0.4, 0.5) is 18.0 Å². The fourth-order valence-corrected chi connectivity index (χ4v) is 5.87. The van der Waals surface area contributed by atoms with Crippen LogP contribution in [-0.2, 0) is 22.3 Å². The van der Waals surface area contributed by atoms with Crippen LogP contribution in [-0.4, -0.2) is 50.6 Å². The molecule has 2 heterocycles. The molecule has 13 heteroatoms. The maximum Gasteiger partial charge on any atom is 0.437 e. The van der Waals surface area contributed by atoms with Crippen molar-refractivity contribution in [3.05, 3.63) is 27.2 Å². The maximum absolute atomic E-state index is 14.0. The number of carboxylic acids is 1. The van der Waals surface area contributed by atoms with Crippen LogP contribution in [0, 0.1) is 9.74 Å². The number of halogens is 3. The summed E-state index contributed by atoms with van der Waals surface area (Å²) in [6, 6.07) is 2.68. The summed E-state index contributed by atoms with van der Waals surface area (Å²) in [5, 5.41) is 9.27. The van der Waals surface area contributed by atoms with E-state index in [0.29, 0.717) is 28.6 Å². The molecule has 202 valence electrons. The zero-order valence-electron chi connectivity index (χ0n) is 20.2. The number of aromatic nitrogens is 2. The number of hydrogen-bond acceptors (Lipinski definition) is 7. The Bertz CT molecular complexity index is 1190. The number of aromatic amines is 1. The second-order valence-electron chi connectivity index (χ2n) is 9.43. The van der Waals surface area contributed by atoms with Crippen molar-refractivity contribution in [3.63, 3.8) is 0 Å². The highest BCUT2D eigenvalue weighted by Crippen LogP contribution is 2.39. The van der Waals surface area contributed by atoms with Crippen LogP contribution in [0.2, 0.25) is 0 Å². The van der Waals surface area contributed by atoms with Crippen molar-refractivity contribution in [2.45, 2.75) is 76.3 Å². The second-order valence-corrected chi connectivity index (χ2v) is 10.9. The lowest BCUT2D eigenvalue weighted by atomic mass is 9.87. The zero-order chi connectivity index (χ0) is 26.7. The molecule has 2 N–H and O–H groups in total. The number of carbonyl (C=O) groups excluding carboxylic acids is 1. The molecule has 0 saturated heterocycles. The van der Waals surface area contributed by atoms with Crippen LogP contribution in [0.25, 0.3) is 11.4 Å². The third-order valence-electron chi connectivity index (χ3n) is 6.95. The molecule has 2 atom stereocenters. The number of nitrogens with one attached hydrogen (secondary N) is 1. The van der Waals surface area contributed by atoms with E-state index < -0.39 is 41.7 Å². The number of amides is 1. The number of alkyl halides is 3. The molecular weight excluding hydrogens is 531 g/mol. The summed E-state index contributed by atoms with van der Waals surface area (Å²) in [5.74, 6) is -2.08. The lowest BCUT2D eigenvalue weighted by molar-refractivity contribution is -0.146. The van der Waals surface area contributed by atoms with Gasteiger partial charge < -0.3 is 23.9 Å². The third-order valence-corrected chi connectivity index (χ3v) is 8.18. The number of ether oxygens (including phenoxy) is 2. The summed E-state index contributed by atoms with van der Waals surface area (Å²) in [6.45, 7) is -0.204. The SMILES string of the molecule is CN(C(=O)OCc1c(-c2ccc(OC3CCC[C@H](C(=O)O)C3)c(C(F)(F)F)n2)[nH]sc1=S)C1CCCC1. The minimum absolute atomic E-state index is 0.0192. The Hall–Kier alpha value is -2.67. The van der Waals surface area contributed by atoms with E-state index in [-0.39, 0.29) is 30.5 Å². The molecule has 8 nitrogen and oxygen atoms in total. The number of rotatable bonds is 7.